The maximum atomic E-state index is 5.31. The van der Waals surface area contributed by atoms with Crippen LogP contribution in [-0.4, -0.2) is 31.3 Å². The van der Waals surface area contributed by atoms with Crippen molar-refractivity contribution in [3.63, 3.8) is 0 Å². The Morgan fingerprint density at radius 2 is 2.00 bits per heavy atom. The van der Waals surface area contributed by atoms with Gasteiger partial charge in [0.1, 0.15) is 0 Å². The highest BCUT2D eigenvalue weighted by molar-refractivity contribution is 5.47. The van der Waals surface area contributed by atoms with Crippen molar-refractivity contribution in [2.24, 2.45) is 0 Å². The van der Waals surface area contributed by atoms with Gasteiger partial charge in [0.25, 0.3) is 0 Å². The molecule has 1 fully saturated rings. The van der Waals surface area contributed by atoms with Gasteiger partial charge in [0.05, 0.1) is 25.1 Å². The number of anilines is 1. The number of morpholine rings is 1. The van der Waals surface area contributed by atoms with Gasteiger partial charge in [-0.25, -0.2) is 0 Å². The zero-order valence-corrected chi connectivity index (χ0v) is 8.79. The van der Waals surface area contributed by atoms with Gasteiger partial charge < -0.3 is 9.64 Å². The van der Waals surface area contributed by atoms with Gasteiger partial charge in [0, 0.05) is 18.8 Å². The van der Waals surface area contributed by atoms with Crippen molar-refractivity contribution in [3.8, 4) is 0 Å². The molecule has 1 aromatic rings. The van der Waals surface area contributed by atoms with Gasteiger partial charge >= 0.3 is 0 Å². The van der Waals surface area contributed by atoms with E-state index in [4.69, 9.17) is 4.74 Å². The fourth-order valence-corrected chi connectivity index (χ4v) is 1.62. The number of hydrogen-bond acceptors (Lipinski definition) is 3. The van der Waals surface area contributed by atoms with Crippen molar-refractivity contribution in [2.75, 3.05) is 31.2 Å². The Bertz CT molecular complexity index is 319. The van der Waals surface area contributed by atoms with Crippen molar-refractivity contribution in [1.82, 2.24) is 4.98 Å². The average molecular weight is 192 g/mol. The van der Waals surface area contributed by atoms with E-state index in [9.17, 15) is 0 Å². The molecule has 3 nitrogen and oxygen atoms in total. The summed E-state index contributed by atoms with van der Waals surface area (Å²) in [6.45, 7) is 7.75. The molecule has 76 valence electrons. The minimum absolute atomic E-state index is 0.826. The molecular weight excluding hydrogens is 176 g/mol. The highest BCUT2D eigenvalue weighted by atomic mass is 16.5. The number of nitrogens with zero attached hydrogens (tertiary/aromatic N) is 2. The Morgan fingerprint density at radius 1 is 1.29 bits per heavy atom. The normalized spacial score (nSPS) is 17.1. The lowest BCUT2D eigenvalue weighted by Crippen LogP contribution is -2.36. The fourth-order valence-electron chi connectivity index (χ4n) is 1.62. The van der Waals surface area contributed by atoms with E-state index in [1.165, 1.54) is 11.3 Å². The summed E-state index contributed by atoms with van der Waals surface area (Å²) in [6.07, 6.45) is 1.95. The van der Waals surface area contributed by atoms with E-state index >= 15 is 0 Å². The molecule has 0 unspecified atom stereocenters. The van der Waals surface area contributed by atoms with Crippen molar-refractivity contribution in [3.05, 3.63) is 23.5 Å². The van der Waals surface area contributed by atoms with Crippen molar-refractivity contribution in [2.45, 2.75) is 13.8 Å². The predicted molar refractivity (Wildman–Crippen MR) is 56.7 cm³/mol. The van der Waals surface area contributed by atoms with E-state index in [1.807, 2.05) is 13.1 Å². The molecule has 0 amide bonds. The maximum absolute atomic E-state index is 5.31. The summed E-state index contributed by atoms with van der Waals surface area (Å²) in [4.78, 5) is 6.69. The molecule has 2 rings (SSSR count). The number of aryl methyl sites for hydroxylation is 2. The Kier molecular flexibility index (Phi) is 2.68. The van der Waals surface area contributed by atoms with Crippen LogP contribution in [0.4, 0.5) is 5.69 Å². The van der Waals surface area contributed by atoms with E-state index in [1.54, 1.807) is 0 Å². The average Bonchev–Trinajstić information content (AvgIpc) is 2.23. The topological polar surface area (TPSA) is 25.4 Å². The summed E-state index contributed by atoms with van der Waals surface area (Å²) in [6, 6.07) is 2.20. The van der Waals surface area contributed by atoms with Crippen LogP contribution < -0.4 is 4.90 Å². The van der Waals surface area contributed by atoms with Crippen LogP contribution in [0.3, 0.4) is 0 Å². The van der Waals surface area contributed by atoms with Gasteiger partial charge in [-0.05, 0) is 25.5 Å². The second kappa shape index (κ2) is 3.96. The molecule has 1 aliphatic heterocycles. The van der Waals surface area contributed by atoms with Crippen LogP contribution in [-0.2, 0) is 4.74 Å². The third-order valence-corrected chi connectivity index (χ3v) is 2.70. The lowest BCUT2D eigenvalue weighted by molar-refractivity contribution is 0.122. The van der Waals surface area contributed by atoms with Gasteiger partial charge in [-0.3, -0.25) is 4.98 Å². The van der Waals surface area contributed by atoms with Gasteiger partial charge in [-0.15, -0.1) is 0 Å². The standard InChI is InChI=1S/C11H16N2O/c1-9-7-11(8-12-10(9)2)13-3-5-14-6-4-13/h7-8H,3-6H2,1-2H3. The van der Waals surface area contributed by atoms with E-state index < -0.39 is 0 Å². The van der Waals surface area contributed by atoms with E-state index in [2.05, 4.69) is 22.9 Å². The molecule has 1 aliphatic rings. The number of ether oxygens (including phenoxy) is 1. The highest BCUT2D eigenvalue weighted by Gasteiger charge is 2.11. The van der Waals surface area contributed by atoms with E-state index in [-0.39, 0.29) is 0 Å². The van der Waals surface area contributed by atoms with Crippen LogP contribution in [0.2, 0.25) is 0 Å². The van der Waals surface area contributed by atoms with E-state index in [0.717, 1.165) is 32.0 Å². The fraction of sp³-hybridized carbons (Fsp3) is 0.545. The molecule has 1 saturated heterocycles. The Morgan fingerprint density at radius 3 is 2.64 bits per heavy atom. The van der Waals surface area contributed by atoms with Crippen LogP contribution in [0, 0.1) is 13.8 Å². The lowest BCUT2D eigenvalue weighted by atomic mass is 10.2. The predicted octanol–water partition coefficient (Wildman–Crippen LogP) is 1.54. The molecule has 0 aliphatic carbocycles. The minimum Gasteiger partial charge on any atom is -0.378 e. The summed E-state index contributed by atoms with van der Waals surface area (Å²) < 4.78 is 5.31. The zero-order valence-electron chi connectivity index (χ0n) is 8.79. The summed E-state index contributed by atoms with van der Waals surface area (Å²) in [5.74, 6) is 0. The third kappa shape index (κ3) is 1.87. The van der Waals surface area contributed by atoms with Gasteiger partial charge in [0.2, 0.25) is 0 Å². The van der Waals surface area contributed by atoms with Crippen molar-refractivity contribution < 1.29 is 4.74 Å². The molecule has 2 heterocycles. The first-order valence-corrected chi connectivity index (χ1v) is 5.03. The van der Waals surface area contributed by atoms with Gasteiger partial charge in [0.15, 0.2) is 0 Å². The van der Waals surface area contributed by atoms with Crippen LogP contribution in [0.5, 0.6) is 0 Å². The summed E-state index contributed by atoms with van der Waals surface area (Å²) in [7, 11) is 0. The first-order valence-electron chi connectivity index (χ1n) is 5.03. The van der Waals surface area contributed by atoms with Crippen molar-refractivity contribution in [1.29, 1.82) is 0 Å². The summed E-state index contributed by atoms with van der Waals surface area (Å²) in [5.41, 5.74) is 3.59. The molecule has 0 bridgehead atoms. The molecular formula is C11H16N2O. The molecule has 0 saturated carbocycles. The Balaban J connectivity index is 2.18. The monoisotopic (exact) mass is 192 g/mol. The highest BCUT2D eigenvalue weighted by Crippen LogP contribution is 2.17. The summed E-state index contributed by atoms with van der Waals surface area (Å²) >= 11 is 0. The maximum Gasteiger partial charge on any atom is 0.0642 e. The first kappa shape index (κ1) is 9.46. The third-order valence-electron chi connectivity index (χ3n) is 2.70. The quantitative estimate of drug-likeness (QED) is 0.674. The smallest absolute Gasteiger partial charge is 0.0642 e. The van der Waals surface area contributed by atoms with E-state index in [0.29, 0.717) is 0 Å². The van der Waals surface area contributed by atoms with Crippen LogP contribution >= 0.6 is 0 Å². The molecule has 0 N–H and O–H groups in total. The van der Waals surface area contributed by atoms with Crippen LogP contribution in [0.1, 0.15) is 11.3 Å². The van der Waals surface area contributed by atoms with Crippen LogP contribution in [0.15, 0.2) is 12.3 Å². The number of pyridine rings is 1. The first-order chi connectivity index (χ1) is 6.77. The zero-order chi connectivity index (χ0) is 9.97. The molecule has 0 radical (unpaired) electrons. The molecule has 0 aromatic carbocycles. The van der Waals surface area contributed by atoms with Crippen LogP contribution in [0.25, 0.3) is 0 Å². The van der Waals surface area contributed by atoms with Gasteiger partial charge in [-0.2, -0.15) is 0 Å². The molecule has 3 heteroatoms. The second-order valence-corrected chi connectivity index (χ2v) is 3.70. The van der Waals surface area contributed by atoms with Gasteiger partial charge in [-0.1, -0.05) is 0 Å². The second-order valence-electron chi connectivity index (χ2n) is 3.70. The molecule has 1 aromatic heterocycles. The SMILES string of the molecule is Cc1cc(N2CCOCC2)cnc1C. The summed E-state index contributed by atoms with van der Waals surface area (Å²) in [5, 5.41) is 0. The Hall–Kier alpha value is -1.09. The number of rotatable bonds is 1. The number of aromatic nitrogens is 1. The molecule has 14 heavy (non-hydrogen) atoms. The minimum atomic E-state index is 0.826. The lowest BCUT2D eigenvalue weighted by Gasteiger charge is -2.28. The van der Waals surface area contributed by atoms with Crippen molar-refractivity contribution >= 4 is 5.69 Å². The Labute approximate surface area is 84.7 Å². The largest absolute Gasteiger partial charge is 0.378 e. The molecule has 0 atom stereocenters. The molecule has 0 spiro atoms. The number of hydrogen-bond donors (Lipinski definition) is 0.